The number of amides is 2. The number of urea groups is 1. The minimum Gasteiger partial charge on any atom is -0.327 e. The van der Waals surface area contributed by atoms with Crippen molar-refractivity contribution in [2.45, 2.75) is 6.42 Å². The summed E-state index contributed by atoms with van der Waals surface area (Å²) in [6.07, 6.45) is 4.57. The van der Waals surface area contributed by atoms with E-state index in [4.69, 9.17) is 0 Å². The Morgan fingerprint density at radius 1 is 1.78 bits per heavy atom. The fourth-order valence-electron chi connectivity index (χ4n) is 0.693. The van der Waals surface area contributed by atoms with Crippen LogP contribution in [0.5, 0.6) is 0 Å². The largest absolute Gasteiger partial charge is 0.327 e. The van der Waals surface area contributed by atoms with Gasteiger partial charge in [0.2, 0.25) is 0 Å². The molecule has 0 fully saturated rings. The maximum absolute atomic E-state index is 10.8. The Bertz CT molecular complexity index is 142. The summed E-state index contributed by atoms with van der Waals surface area (Å²) in [5.41, 5.74) is 0. The smallest absolute Gasteiger partial charge is 0.321 e. The molecule has 9 heavy (non-hydrogen) atoms. The lowest BCUT2D eigenvalue weighted by Crippen LogP contribution is -2.33. The molecule has 0 radical (unpaired) electrons. The van der Waals surface area contributed by atoms with E-state index in [1.54, 1.807) is 18.1 Å². The summed E-state index contributed by atoms with van der Waals surface area (Å²) >= 11 is 0. The molecule has 0 saturated carbocycles. The second kappa shape index (κ2) is 2.53. The van der Waals surface area contributed by atoms with Crippen molar-refractivity contribution in [3.8, 4) is 0 Å². The summed E-state index contributed by atoms with van der Waals surface area (Å²) in [4.78, 5) is 12.4. The standard InChI is InChI=1S/C6H10N2O/c1-8-5-3-2-4-7-6(8)9/h2,4H,3,5H2,1H3,(H,7,9). The molecule has 0 atom stereocenters. The van der Waals surface area contributed by atoms with E-state index in [-0.39, 0.29) is 6.03 Å². The molecule has 0 aromatic carbocycles. The van der Waals surface area contributed by atoms with Gasteiger partial charge in [0.1, 0.15) is 0 Å². The van der Waals surface area contributed by atoms with Gasteiger partial charge in [-0.3, -0.25) is 0 Å². The highest BCUT2D eigenvalue weighted by Crippen LogP contribution is 1.93. The molecule has 0 unspecified atom stereocenters. The Labute approximate surface area is 54.3 Å². The fourth-order valence-corrected chi connectivity index (χ4v) is 0.693. The molecule has 1 aliphatic rings. The van der Waals surface area contributed by atoms with Crippen LogP contribution in [0.2, 0.25) is 0 Å². The molecule has 1 rings (SSSR count). The lowest BCUT2D eigenvalue weighted by atomic mass is 10.4. The molecule has 0 aliphatic carbocycles. The van der Waals surface area contributed by atoms with E-state index >= 15 is 0 Å². The summed E-state index contributed by atoms with van der Waals surface area (Å²) in [6, 6.07) is -0.0243. The van der Waals surface area contributed by atoms with Crippen LogP contribution in [0.3, 0.4) is 0 Å². The maximum atomic E-state index is 10.8. The summed E-state index contributed by atoms with van der Waals surface area (Å²) in [5, 5.41) is 2.60. The van der Waals surface area contributed by atoms with Gasteiger partial charge in [0.15, 0.2) is 0 Å². The molecule has 50 valence electrons. The molecule has 0 spiro atoms. The summed E-state index contributed by atoms with van der Waals surface area (Å²) in [5.74, 6) is 0. The number of hydrogen-bond acceptors (Lipinski definition) is 1. The minimum absolute atomic E-state index is 0.0243. The van der Waals surface area contributed by atoms with Gasteiger partial charge in [-0.05, 0) is 6.42 Å². The zero-order valence-electron chi connectivity index (χ0n) is 5.42. The van der Waals surface area contributed by atoms with Gasteiger partial charge < -0.3 is 10.2 Å². The van der Waals surface area contributed by atoms with Crippen molar-refractivity contribution in [1.82, 2.24) is 10.2 Å². The van der Waals surface area contributed by atoms with Crippen molar-refractivity contribution in [3.05, 3.63) is 12.3 Å². The monoisotopic (exact) mass is 126 g/mol. The molecule has 1 N–H and O–H groups in total. The van der Waals surface area contributed by atoms with Crippen molar-refractivity contribution in [3.63, 3.8) is 0 Å². The van der Waals surface area contributed by atoms with Crippen LogP contribution < -0.4 is 5.32 Å². The Balaban J connectivity index is 2.52. The SMILES string of the molecule is CN1CCC=CNC1=O. The van der Waals surface area contributed by atoms with Crippen molar-refractivity contribution in [2.24, 2.45) is 0 Å². The topological polar surface area (TPSA) is 32.3 Å². The molecule has 0 aromatic rings. The van der Waals surface area contributed by atoms with Gasteiger partial charge in [-0.25, -0.2) is 4.79 Å². The Hall–Kier alpha value is -0.990. The molecular weight excluding hydrogens is 116 g/mol. The highest BCUT2D eigenvalue weighted by molar-refractivity contribution is 5.75. The highest BCUT2D eigenvalue weighted by atomic mass is 16.2. The number of rotatable bonds is 0. The first kappa shape index (κ1) is 6.13. The van der Waals surface area contributed by atoms with Crippen molar-refractivity contribution < 1.29 is 4.79 Å². The number of nitrogens with one attached hydrogen (secondary N) is 1. The lowest BCUT2D eigenvalue weighted by molar-refractivity contribution is 0.215. The van der Waals surface area contributed by atoms with Gasteiger partial charge in [-0.1, -0.05) is 6.08 Å². The second-order valence-electron chi connectivity index (χ2n) is 2.06. The van der Waals surface area contributed by atoms with Crippen molar-refractivity contribution in [1.29, 1.82) is 0 Å². The summed E-state index contributed by atoms with van der Waals surface area (Å²) in [7, 11) is 1.78. The van der Waals surface area contributed by atoms with Crippen LogP contribution in [0.15, 0.2) is 12.3 Å². The summed E-state index contributed by atoms with van der Waals surface area (Å²) in [6.45, 7) is 0.808. The fraction of sp³-hybridized carbons (Fsp3) is 0.500. The molecule has 0 bridgehead atoms. The van der Waals surface area contributed by atoms with Crippen LogP contribution in [-0.2, 0) is 0 Å². The average Bonchev–Trinajstić information content (AvgIpc) is 1.99. The Morgan fingerprint density at radius 2 is 2.56 bits per heavy atom. The minimum atomic E-state index is -0.0243. The third-order valence-corrected chi connectivity index (χ3v) is 1.30. The lowest BCUT2D eigenvalue weighted by Gasteiger charge is -2.11. The molecule has 1 heterocycles. The van der Waals surface area contributed by atoms with E-state index in [0.717, 1.165) is 13.0 Å². The first-order valence-corrected chi connectivity index (χ1v) is 2.97. The number of carbonyl (C=O) groups excluding carboxylic acids is 1. The van der Waals surface area contributed by atoms with Crippen LogP contribution in [0.4, 0.5) is 4.79 Å². The van der Waals surface area contributed by atoms with Crippen LogP contribution in [0.1, 0.15) is 6.42 Å². The third-order valence-electron chi connectivity index (χ3n) is 1.30. The molecule has 2 amide bonds. The normalized spacial score (nSPS) is 19.2. The van der Waals surface area contributed by atoms with Gasteiger partial charge in [0.05, 0.1) is 0 Å². The predicted octanol–water partition coefficient (Wildman–Crippen LogP) is 0.545. The van der Waals surface area contributed by atoms with E-state index < -0.39 is 0 Å². The van der Waals surface area contributed by atoms with Gasteiger partial charge in [-0.15, -0.1) is 0 Å². The molecule has 1 aliphatic heterocycles. The number of hydrogen-bond donors (Lipinski definition) is 1. The van der Waals surface area contributed by atoms with Crippen LogP contribution in [0.25, 0.3) is 0 Å². The van der Waals surface area contributed by atoms with E-state index in [1.807, 2.05) is 6.08 Å². The Morgan fingerprint density at radius 3 is 3.33 bits per heavy atom. The molecular formula is C6H10N2O. The van der Waals surface area contributed by atoms with Crippen molar-refractivity contribution in [2.75, 3.05) is 13.6 Å². The van der Waals surface area contributed by atoms with Crippen LogP contribution in [0, 0.1) is 0 Å². The first-order chi connectivity index (χ1) is 4.30. The second-order valence-corrected chi connectivity index (χ2v) is 2.06. The average molecular weight is 126 g/mol. The van der Waals surface area contributed by atoms with Gasteiger partial charge in [-0.2, -0.15) is 0 Å². The number of carbonyl (C=O) groups is 1. The van der Waals surface area contributed by atoms with E-state index in [0.29, 0.717) is 0 Å². The first-order valence-electron chi connectivity index (χ1n) is 2.97. The van der Waals surface area contributed by atoms with Crippen molar-refractivity contribution >= 4 is 6.03 Å². The van der Waals surface area contributed by atoms with E-state index in [9.17, 15) is 4.79 Å². The van der Waals surface area contributed by atoms with E-state index in [2.05, 4.69) is 5.32 Å². The third kappa shape index (κ3) is 1.45. The zero-order valence-corrected chi connectivity index (χ0v) is 5.42. The van der Waals surface area contributed by atoms with Gasteiger partial charge in [0, 0.05) is 19.8 Å². The van der Waals surface area contributed by atoms with Crippen LogP contribution >= 0.6 is 0 Å². The zero-order chi connectivity index (χ0) is 6.69. The highest BCUT2D eigenvalue weighted by Gasteiger charge is 2.06. The number of nitrogens with zero attached hydrogens (tertiary/aromatic N) is 1. The van der Waals surface area contributed by atoms with Gasteiger partial charge >= 0.3 is 6.03 Å². The predicted molar refractivity (Wildman–Crippen MR) is 34.9 cm³/mol. The van der Waals surface area contributed by atoms with Crippen LogP contribution in [-0.4, -0.2) is 24.5 Å². The maximum Gasteiger partial charge on any atom is 0.321 e. The molecule has 0 saturated heterocycles. The van der Waals surface area contributed by atoms with E-state index in [1.165, 1.54) is 0 Å². The molecule has 3 heteroatoms. The van der Waals surface area contributed by atoms with Gasteiger partial charge in [0.25, 0.3) is 0 Å². The Kier molecular flexibility index (Phi) is 1.72. The molecule has 3 nitrogen and oxygen atoms in total. The summed E-state index contributed by atoms with van der Waals surface area (Å²) < 4.78 is 0. The molecule has 0 aromatic heterocycles. The quantitative estimate of drug-likeness (QED) is 0.505.